The lowest BCUT2D eigenvalue weighted by atomic mass is 10.1. The monoisotopic (exact) mass is 344 g/mol. The Hall–Kier alpha value is -3.47. The number of nitrogens with zero attached hydrogens (tertiary/aromatic N) is 1. The van der Waals surface area contributed by atoms with E-state index in [1.165, 1.54) is 0 Å². The number of hydrogen-bond donors (Lipinski definition) is 1. The Morgan fingerprint density at radius 2 is 1.42 bits per heavy atom. The molecular weight excluding hydrogens is 328 g/mol. The highest BCUT2D eigenvalue weighted by Gasteiger charge is 2.40. The molecule has 26 heavy (non-hydrogen) atoms. The van der Waals surface area contributed by atoms with E-state index >= 15 is 0 Å². The Bertz CT molecular complexity index is 1020. The average molecular weight is 344 g/mol. The number of anilines is 1. The van der Waals surface area contributed by atoms with E-state index in [1.807, 2.05) is 36.4 Å². The van der Waals surface area contributed by atoms with Gasteiger partial charge in [0.25, 0.3) is 11.8 Å². The molecule has 0 aromatic heterocycles. The normalized spacial score (nSPS) is 14.4. The minimum Gasteiger partial charge on any atom is -0.324 e. The van der Waals surface area contributed by atoms with E-state index in [1.54, 1.807) is 37.3 Å². The number of fused-ring (bicyclic) bond motifs is 2. The molecule has 3 aromatic carbocycles. The zero-order valence-corrected chi connectivity index (χ0v) is 14.1. The SMILES string of the molecule is CC(C(=O)Nc1ccc2ccccc2c1)N1C(=O)c2ccccc2C1=O. The van der Waals surface area contributed by atoms with E-state index in [0.29, 0.717) is 16.8 Å². The van der Waals surface area contributed by atoms with Gasteiger partial charge in [-0.05, 0) is 42.0 Å². The van der Waals surface area contributed by atoms with Crippen molar-refractivity contribution in [1.29, 1.82) is 0 Å². The van der Waals surface area contributed by atoms with Crippen LogP contribution in [0.15, 0.2) is 66.7 Å². The molecule has 1 atom stereocenters. The third kappa shape index (κ3) is 2.54. The number of carbonyl (C=O) groups is 3. The molecule has 0 aliphatic carbocycles. The fourth-order valence-electron chi connectivity index (χ4n) is 3.19. The van der Waals surface area contributed by atoms with Crippen LogP contribution < -0.4 is 5.32 Å². The summed E-state index contributed by atoms with van der Waals surface area (Å²) >= 11 is 0. The van der Waals surface area contributed by atoms with Gasteiger partial charge in [0.15, 0.2) is 0 Å². The summed E-state index contributed by atoms with van der Waals surface area (Å²) in [7, 11) is 0. The average Bonchev–Trinajstić information content (AvgIpc) is 2.92. The van der Waals surface area contributed by atoms with Gasteiger partial charge in [0.05, 0.1) is 11.1 Å². The Labute approximate surface area is 150 Å². The summed E-state index contributed by atoms with van der Waals surface area (Å²) in [5, 5.41) is 4.86. The number of nitrogens with one attached hydrogen (secondary N) is 1. The summed E-state index contributed by atoms with van der Waals surface area (Å²) in [5.74, 6) is -1.28. The van der Waals surface area contributed by atoms with Crippen LogP contribution in [0.4, 0.5) is 5.69 Å². The first kappa shape index (κ1) is 16.0. The van der Waals surface area contributed by atoms with Gasteiger partial charge in [0.2, 0.25) is 5.91 Å². The third-order valence-electron chi connectivity index (χ3n) is 4.61. The summed E-state index contributed by atoms with van der Waals surface area (Å²) in [5.41, 5.74) is 1.29. The third-order valence-corrected chi connectivity index (χ3v) is 4.61. The van der Waals surface area contributed by atoms with Gasteiger partial charge in [0, 0.05) is 5.69 Å². The highest BCUT2D eigenvalue weighted by Crippen LogP contribution is 2.25. The highest BCUT2D eigenvalue weighted by atomic mass is 16.2. The molecule has 0 radical (unpaired) electrons. The second-order valence-electron chi connectivity index (χ2n) is 6.25. The van der Waals surface area contributed by atoms with Crippen molar-refractivity contribution in [3.05, 3.63) is 77.9 Å². The fraction of sp³-hybridized carbons (Fsp3) is 0.0952. The summed E-state index contributed by atoms with van der Waals surface area (Å²) in [6.07, 6.45) is 0. The van der Waals surface area contributed by atoms with Gasteiger partial charge < -0.3 is 5.32 Å². The molecule has 0 saturated carbocycles. The molecule has 0 bridgehead atoms. The van der Waals surface area contributed by atoms with Crippen LogP contribution in [0.5, 0.6) is 0 Å². The molecule has 3 aromatic rings. The van der Waals surface area contributed by atoms with Crippen molar-refractivity contribution in [2.45, 2.75) is 13.0 Å². The van der Waals surface area contributed by atoms with Crippen molar-refractivity contribution in [1.82, 2.24) is 4.90 Å². The zero-order chi connectivity index (χ0) is 18.3. The summed E-state index contributed by atoms with van der Waals surface area (Å²) in [4.78, 5) is 38.6. The summed E-state index contributed by atoms with van der Waals surface area (Å²) < 4.78 is 0. The predicted molar refractivity (Wildman–Crippen MR) is 99.0 cm³/mol. The molecule has 5 heteroatoms. The standard InChI is InChI=1S/C21H16N2O3/c1-13(23-20(25)17-8-4-5-9-18(17)21(23)26)19(24)22-16-11-10-14-6-2-3-7-15(14)12-16/h2-13H,1H3,(H,22,24). The summed E-state index contributed by atoms with van der Waals surface area (Å²) in [6, 6.07) is 19.1. The Morgan fingerprint density at radius 1 is 0.846 bits per heavy atom. The number of amides is 3. The maximum absolute atomic E-state index is 12.6. The van der Waals surface area contributed by atoms with Crippen molar-refractivity contribution in [3.8, 4) is 0 Å². The molecule has 1 aliphatic heterocycles. The van der Waals surface area contributed by atoms with Gasteiger partial charge in [-0.25, -0.2) is 0 Å². The number of imide groups is 1. The van der Waals surface area contributed by atoms with Crippen LogP contribution >= 0.6 is 0 Å². The number of carbonyl (C=O) groups excluding carboxylic acids is 3. The highest BCUT2D eigenvalue weighted by molar-refractivity contribution is 6.23. The minimum atomic E-state index is -0.908. The van der Waals surface area contributed by atoms with Crippen LogP contribution in [0.3, 0.4) is 0 Å². The number of benzene rings is 3. The zero-order valence-electron chi connectivity index (χ0n) is 14.1. The van der Waals surface area contributed by atoms with Crippen LogP contribution in [0, 0.1) is 0 Å². The second-order valence-corrected chi connectivity index (χ2v) is 6.25. The molecule has 0 spiro atoms. The minimum absolute atomic E-state index is 0.336. The number of hydrogen-bond acceptors (Lipinski definition) is 3. The molecule has 4 rings (SSSR count). The van der Waals surface area contributed by atoms with Crippen molar-refractivity contribution in [2.75, 3.05) is 5.32 Å². The van der Waals surface area contributed by atoms with Gasteiger partial charge in [-0.15, -0.1) is 0 Å². The maximum Gasteiger partial charge on any atom is 0.262 e. The van der Waals surface area contributed by atoms with Gasteiger partial charge >= 0.3 is 0 Å². The largest absolute Gasteiger partial charge is 0.324 e. The molecular formula is C21H16N2O3. The van der Waals surface area contributed by atoms with Crippen molar-refractivity contribution < 1.29 is 14.4 Å². The van der Waals surface area contributed by atoms with Crippen LogP contribution in [-0.4, -0.2) is 28.7 Å². The Balaban J connectivity index is 1.56. The fourth-order valence-corrected chi connectivity index (χ4v) is 3.19. The predicted octanol–water partition coefficient (Wildman–Crippen LogP) is 3.46. The number of rotatable bonds is 3. The van der Waals surface area contributed by atoms with Crippen LogP contribution in [0.1, 0.15) is 27.6 Å². The van der Waals surface area contributed by atoms with E-state index in [-0.39, 0.29) is 0 Å². The second kappa shape index (κ2) is 6.11. The molecule has 1 aliphatic rings. The molecule has 1 unspecified atom stereocenters. The van der Waals surface area contributed by atoms with E-state index in [2.05, 4.69) is 5.32 Å². The first-order chi connectivity index (χ1) is 12.6. The van der Waals surface area contributed by atoms with Crippen molar-refractivity contribution in [3.63, 3.8) is 0 Å². The van der Waals surface area contributed by atoms with E-state index in [9.17, 15) is 14.4 Å². The first-order valence-electron chi connectivity index (χ1n) is 8.33. The lowest BCUT2D eigenvalue weighted by Gasteiger charge is -2.21. The van der Waals surface area contributed by atoms with Gasteiger partial charge in [-0.2, -0.15) is 0 Å². The van der Waals surface area contributed by atoms with Gasteiger partial charge in [-0.1, -0.05) is 42.5 Å². The Morgan fingerprint density at radius 3 is 2.08 bits per heavy atom. The molecule has 128 valence electrons. The van der Waals surface area contributed by atoms with E-state index in [0.717, 1.165) is 15.7 Å². The molecule has 0 saturated heterocycles. The first-order valence-corrected chi connectivity index (χ1v) is 8.33. The topological polar surface area (TPSA) is 66.5 Å². The van der Waals surface area contributed by atoms with Crippen LogP contribution in [-0.2, 0) is 4.79 Å². The van der Waals surface area contributed by atoms with E-state index in [4.69, 9.17) is 0 Å². The summed E-state index contributed by atoms with van der Waals surface area (Å²) in [6.45, 7) is 1.55. The molecule has 1 heterocycles. The quantitative estimate of drug-likeness (QED) is 0.740. The van der Waals surface area contributed by atoms with Crippen LogP contribution in [0.2, 0.25) is 0 Å². The van der Waals surface area contributed by atoms with E-state index < -0.39 is 23.8 Å². The molecule has 0 fully saturated rings. The van der Waals surface area contributed by atoms with Crippen molar-refractivity contribution in [2.24, 2.45) is 0 Å². The molecule has 1 N–H and O–H groups in total. The maximum atomic E-state index is 12.6. The smallest absolute Gasteiger partial charge is 0.262 e. The van der Waals surface area contributed by atoms with Gasteiger partial charge in [-0.3, -0.25) is 19.3 Å². The van der Waals surface area contributed by atoms with Crippen molar-refractivity contribution >= 4 is 34.2 Å². The van der Waals surface area contributed by atoms with Gasteiger partial charge in [0.1, 0.15) is 6.04 Å². The lowest BCUT2D eigenvalue weighted by Crippen LogP contribution is -2.45. The molecule has 5 nitrogen and oxygen atoms in total. The lowest BCUT2D eigenvalue weighted by molar-refractivity contribution is -0.119. The Kier molecular flexibility index (Phi) is 3.77. The van der Waals surface area contributed by atoms with Crippen LogP contribution in [0.25, 0.3) is 10.8 Å². The molecule has 3 amide bonds.